The molecular formula is C26H23FN2O5S. The molecule has 0 atom stereocenters. The lowest BCUT2D eigenvalue weighted by Gasteiger charge is -2.21. The lowest BCUT2D eigenvalue weighted by molar-refractivity contribution is 0.103. The van der Waals surface area contributed by atoms with Gasteiger partial charge in [0.05, 0.1) is 4.90 Å². The summed E-state index contributed by atoms with van der Waals surface area (Å²) in [5.41, 5.74) is 0.847. The van der Waals surface area contributed by atoms with E-state index in [1.165, 1.54) is 30.3 Å². The van der Waals surface area contributed by atoms with Crippen molar-refractivity contribution in [2.75, 3.05) is 22.7 Å². The molecule has 0 unspecified atom stereocenters. The number of hydrogen-bond donors (Lipinski definition) is 1. The van der Waals surface area contributed by atoms with Crippen molar-refractivity contribution in [3.8, 4) is 0 Å². The Balaban J connectivity index is 1.58. The number of carbonyl (C=O) groups is 1. The molecule has 7 nitrogen and oxygen atoms in total. The minimum absolute atomic E-state index is 0.100. The zero-order valence-electron chi connectivity index (χ0n) is 19.1. The van der Waals surface area contributed by atoms with Crippen molar-refractivity contribution in [1.82, 2.24) is 0 Å². The molecule has 9 heteroatoms. The molecule has 35 heavy (non-hydrogen) atoms. The van der Waals surface area contributed by atoms with E-state index in [1.807, 2.05) is 19.9 Å². The van der Waals surface area contributed by atoms with Gasteiger partial charge in [-0.2, -0.15) is 0 Å². The van der Waals surface area contributed by atoms with Gasteiger partial charge < -0.3 is 9.32 Å². The lowest BCUT2D eigenvalue weighted by Crippen LogP contribution is -2.21. The number of nitrogens with zero attached hydrogens (tertiary/aromatic N) is 1. The van der Waals surface area contributed by atoms with Crippen LogP contribution in [0, 0.1) is 5.82 Å². The highest BCUT2D eigenvalue weighted by Gasteiger charge is 2.18. The molecule has 4 rings (SSSR count). The summed E-state index contributed by atoms with van der Waals surface area (Å²) in [6, 6.07) is 17.0. The molecule has 1 heterocycles. The van der Waals surface area contributed by atoms with E-state index in [9.17, 15) is 22.4 Å². The SMILES string of the molecule is CCN(CC)c1ccc2cc(C(=O)c3ccc(NS(=O)(=O)c4ccc(F)cc4)cc3)c(=O)oc2c1. The smallest absolute Gasteiger partial charge is 0.347 e. The molecule has 1 aromatic heterocycles. The predicted octanol–water partition coefficient (Wildman–Crippen LogP) is 4.81. The summed E-state index contributed by atoms with van der Waals surface area (Å²) in [5, 5.41) is 0.618. The Morgan fingerprint density at radius 1 is 0.943 bits per heavy atom. The minimum Gasteiger partial charge on any atom is -0.422 e. The van der Waals surface area contributed by atoms with Crippen molar-refractivity contribution in [2.24, 2.45) is 0 Å². The fraction of sp³-hybridized carbons (Fsp3) is 0.154. The summed E-state index contributed by atoms with van der Waals surface area (Å²) in [7, 11) is -3.93. The number of ketones is 1. The van der Waals surface area contributed by atoms with E-state index in [-0.39, 0.29) is 21.7 Å². The van der Waals surface area contributed by atoms with E-state index < -0.39 is 27.2 Å². The number of benzene rings is 3. The average molecular weight is 495 g/mol. The van der Waals surface area contributed by atoms with Crippen LogP contribution in [0.25, 0.3) is 11.0 Å². The van der Waals surface area contributed by atoms with Gasteiger partial charge in [0.2, 0.25) is 0 Å². The molecule has 180 valence electrons. The maximum absolute atomic E-state index is 13.1. The minimum atomic E-state index is -3.93. The number of nitrogens with one attached hydrogen (secondary N) is 1. The van der Waals surface area contributed by atoms with E-state index in [4.69, 9.17) is 4.42 Å². The molecule has 0 radical (unpaired) electrons. The molecule has 0 aliphatic rings. The highest BCUT2D eigenvalue weighted by Crippen LogP contribution is 2.23. The molecule has 0 saturated heterocycles. The standard InChI is InChI=1S/C26H23FN2O5S/c1-3-29(4-2)21-12-7-18-15-23(26(31)34-24(18)16-21)25(30)17-5-10-20(11-6-17)28-35(32,33)22-13-8-19(27)9-14-22/h5-16,28H,3-4H2,1-2H3. The summed E-state index contributed by atoms with van der Waals surface area (Å²) in [5.74, 6) is -1.09. The summed E-state index contributed by atoms with van der Waals surface area (Å²) in [4.78, 5) is 27.6. The van der Waals surface area contributed by atoms with Gasteiger partial charge in [0, 0.05) is 41.5 Å². The number of halogens is 1. The van der Waals surface area contributed by atoms with Gasteiger partial charge in [-0.25, -0.2) is 17.6 Å². The number of sulfonamides is 1. The van der Waals surface area contributed by atoms with Crippen LogP contribution in [0.3, 0.4) is 0 Å². The van der Waals surface area contributed by atoms with Crippen LogP contribution >= 0.6 is 0 Å². The molecule has 0 amide bonds. The second-order valence-corrected chi connectivity index (χ2v) is 9.49. The molecule has 0 aliphatic carbocycles. The molecule has 0 saturated carbocycles. The van der Waals surface area contributed by atoms with Gasteiger partial charge in [-0.1, -0.05) is 0 Å². The van der Waals surface area contributed by atoms with E-state index in [0.29, 0.717) is 11.0 Å². The summed E-state index contributed by atoms with van der Waals surface area (Å²) < 4.78 is 45.8. The normalized spacial score (nSPS) is 11.4. The van der Waals surface area contributed by atoms with Crippen LogP contribution in [-0.4, -0.2) is 27.3 Å². The van der Waals surface area contributed by atoms with Gasteiger partial charge in [-0.15, -0.1) is 0 Å². The van der Waals surface area contributed by atoms with Crippen molar-refractivity contribution in [2.45, 2.75) is 18.7 Å². The quantitative estimate of drug-likeness (QED) is 0.279. The van der Waals surface area contributed by atoms with Crippen LogP contribution in [0.4, 0.5) is 15.8 Å². The molecular weight excluding hydrogens is 471 g/mol. The Morgan fingerprint density at radius 2 is 1.60 bits per heavy atom. The van der Waals surface area contributed by atoms with Crippen molar-refractivity contribution in [1.29, 1.82) is 0 Å². The van der Waals surface area contributed by atoms with Crippen LogP contribution in [0.5, 0.6) is 0 Å². The Bertz CT molecular complexity index is 1540. The molecule has 1 N–H and O–H groups in total. The Morgan fingerprint density at radius 3 is 2.23 bits per heavy atom. The first-order valence-electron chi connectivity index (χ1n) is 11.0. The first-order valence-corrected chi connectivity index (χ1v) is 12.5. The molecule has 4 aromatic rings. The van der Waals surface area contributed by atoms with Gasteiger partial charge in [0.1, 0.15) is 17.0 Å². The first kappa shape index (κ1) is 24.2. The third-order valence-electron chi connectivity index (χ3n) is 5.62. The van der Waals surface area contributed by atoms with Crippen LogP contribution in [0.1, 0.15) is 29.8 Å². The van der Waals surface area contributed by atoms with Crippen LogP contribution in [-0.2, 0) is 10.0 Å². The van der Waals surface area contributed by atoms with E-state index in [2.05, 4.69) is 9.62 Å². The summed E-state index contributed by atoms with van der Waals surface area (Å²) in [6.07, 6.45) is 0. The highest BCUT2D eigenvalue weighted by atomic mass is 32.2. The maximum atomic E-state index is 13.1. The molecule has 0 aliphatic heterocycles. The van der Waals surface area contributed by atoms with Crippen molar-refractivity contribution in [3.05, 3.63) is 100 Å². The maximum Gasteiger partial charge on any atom is 0.347 e. The number of hydrogen-bond acceptors (Lipinski definition) is 6. The van der Waals surface area contributed by atoms with Crippen molar-refractivity contribution in [3.63, 3.8) is 0 Å². The second kappa shape index (κ2) is 9.71. The zero-order valence-corrected chi connectivity index (χ0v) is 19.9. The van der Waals surface area contributed by atoms with E-state index >= 15 is 0 Å². The first-order chi connectivity index (χ1) is 16.7. The van der Waals surface area contributed by atoms with Crippen LogP contribution in [0.2, 0.25) is 0 Å². The number of rotatable bonds is 8. The van der Waals surface area contributed by atoms with Crippen molar-refractivity contribution >= 4 is 38.2 Å². The van der Waals surface area contributed by atoms with Crippen LogP contribution in [0.15, 0.2) is 86.9 Å². The van der Waals surface area contributed by atoms with Gasteiger partial charge in [-0.05, 0) is 80.6 Å². The lowest BCUT2D eigenvalue weighted by atomic mass is 10.0. The third-order valence-corrected chi connectivity index (χ3v) is 7.01. The Kier molecular flexibility index (Phi) is 6.70. The van der Waals surface area contributed by atoms with E-state index in [0.717, 1.165) is 43.0 Å². The summed E-state index contributed by atoms with van der Waals surface area (Å²) >= 11 is 0. The Hall–Kier alpha value is -3.98. The van der Waals surface area contributed by atoms with Gasteiger partial charge in [0.15, 0.2) is 5.78 Å². The summed E-state index contributed by atoms with van der Waals surface area (Å²) in [6.45, 7) is 5.67. The number of fused-ring (bicyclic) bond motifs is 1. The molecule has 0 bridgehead atoms. The van der Waals surface area contributed by atoms with E-state index in [1.54, 1.807) is 12.1 Å². The zero-order chi connectivity index (χ0) is 25.2. The topological polar surface area (TPSA) is 96.7 Å². The average Bonchev–Trinajstić information content (AvgIpc) is 2.84. The number of anilines is 2. The monoisotopic (exact) mass is 494 g/mol. The fourth-order valence-electron chi connectivity index (χ4n) is 3.72. The highest BCUT2D eigenvalue weighted by molar-refractivity contribution is 7.92. The number of carbonyl (C=O) groups excluding carboxylic acids is 1. The van der Waals surface area contributed by atoms with Gasteiger partial charge >= 0.3 is 5.63 Å². The molecule has 3 aromatic carbocycles. The Labute approximate surface area is 201 Å². The van der Waals surface area contributed by atoms with Crippen molar-refractivity contribution < 1.29 is 22.0 Å². The molecule has 0 spiro atoms. The second-order valence-electron chi connectivity index (χ2n) is 7.81. The molecule has 0 fully saturated rings. The van der Waals surface area contributed by atoms with Gasteiger partial charge in [0.25, 0.3) is 10.0 Å². The largest absolute Gasteiger partial charge is 0.422 e. The fourth-order valence-corrected chi connectivity index (χ4v) is 4.78. The van der Waals surface area contributed by atoms with Crippen LogP contribution < -0.4 is 15.2 Å². The van der Waals surface area contributed by atoms with Gasteiger partial charge in [-0.3, -0.25) is 9.52 Å². The third kappa shape index (κ3) is 5.09. The predicted molar refractivity (Wildman–Crippen MR) is 133 cm³/mol.